The van der Waals surface area contributed by atoms with Crippen LogP contribution in [0.3, 0.4) is 0 Å². The molecular weight excluding hydrogens is 482 g/mol. The summed E-state index contributed by atoms with van der Waals surface area (Å²) in [6.45, 7) is 5.50. The number of benzene rings is 3. The largest absolute Gasteiger partial charge is 0.495 e. The van der Waals surface area contributed by atoms with Crippen molar-refractivity contribution in [2.45, 2.75) is 13.5 Å². The van der Waals surface area contributed by atoms with Crippen molar-refractivity contribution in [3.63, 3.8) is 0 Å². The number of aromatic nitrogens is 2. The molecule has 4 aromatic rings. The van der Waals surface area contributed by atoms with Crippen molar-refractivity contribution >= 4 is 17.3 Å². The predicted molar refractivity (Wildman–Crippen MR) is 146 cm³/mol. The Hall–Kier alpha value is -4.21. The van der Waals surface area contributed by atoms with E-state index in [0.717, 1.165) is 65.6 Å². The Balaban J connectivity index is 1.30. The second kappa shape index (κ2) is 11.0. The van der Waals surface area contributed by atoms with Gasteiger partial charge in [-0.05, 0) is 67.1 Å². The fraction of sp³-hybridized carbons (Fsp3) is 0.276. The highest BCUT2D eigenvalue weighted by atomic mass is 16.5. The van der Waals surface area contributed by atoms with Gasteiger partial charge < -0.3 is 29.5 Å². The van der Waals surface area contributed by atoms with Crippen LogP contribution in [0.2, 0.25) is 0 Å². The van der Waals surface area contributed by atoms with Crippen molar-refractivity contribution in [2.24, 2.45) is 0 Å². The second-order valence-electron chi connectivity index (χ2n) is 9.41. The lowest BCUT2D eigenvalue weighted by molar-refractivity contribution is 0.102. The number of piperazine rings is 1. The Labute approximate surface area is 221 Å². The number of nitrogens with zero attached hydrogens (tertiary/aromatic N) is 4. The molecule has 9 heteroatoms. The van der Waals surface area contributed by atoms with Crippen molar-refractivity contribution in [1.29, 1.82) is 0 Å². The molecule has 0 bridgehead atoms. The van der Waals surface area contributed by atoms with Crippen molar-refractivity contribution in [3.8, 4) is 28.3 Å². The predicted octanol–water partition coefficient (Wildman–Crippen LogP) is 4.22. The molecular formula is C29H31N5O4. The number of anilines is 2. The summed E-state index contributed by atoms with van der Waals surface area (Å²) in [5.74, 6) is 1.24. The number of amides is 1. The molecule has 1 aromatic heterocycles. The number of aryl methyl sites for hydroxylation is 1. The summed E-state index contributed by atoms with van der Waals surface area (Å²) < 4.78 is 10.6. The zero-order valence-corrected chi connectivity index (χ0v) is 21.8. The van der Waals surface area contributed by atoms with Gasteiger partial charge >= 0.3 is 0 Å². The average molecular weight is 514 g/mol. The van der Waals surface area contributed by atoms with Gasteiger partial charge in [-0.2, -0.15) is 4.98 Å². The molecule has 2 heterocycles. The fourth-order valence-corrected chi connectivity index (χ4v) is 4.63. The van der Waals surface area contributed by atoms with Gasteiger partial charge in [0.15, 0.2) is 0 Å². The Bertz CT molecular complexity index is 1430. The standard InChI is InChI=1S/C29H31N5O4/c1-19-16-22(28-31-27(18-35)38-32-28)8-10-24(19)20-4-6-21(7-5-20)29(36)30-23-9-11-26(37-3)25(17-23)34-14-12-33(2)13-15-34/h4-11,16-17,35H,12-15,18H2,1-3H3,(H,30,36). The van der Waals surface area contributed by atoms with Gasteiger partial charge in [0.2, 0.25) is 5.82 Å². The molecule has 0 spiro atoms. The molecule has 3 aromatic carbocycles. The monoisotopic (exact) mass is 513 g/mol. The lowest BCUT2D eigenvalue weighted by atomic mass is 9.97. The lowest BCUT2D eigenvalue weighted by Crippen LogP contribution is -2.44. The third kappa shape index (κ3) is 5.39. The molecule has 2 N–H and O–H groups in total. The van der Waals surface area contributed by atoms with E-state index in [4.69, 9.17) is 14.4 Å². The van der Waals surface area contributed by atoms with E-state index in [2.05, 4.69) is 32.3 Å². The summed E-state index contributed by atoms with van der Waals surface area (Å²) in [6.07, 6.45) is 0. The van der Waals surface area contributed by atoms with Crippen molar-refractivity contribution in [3.05, 3.63) is 77.7 Å². The fourth-order valence-electron chi connectivity index (χ4n) is 4.63. The van der Waals surface area contributed by atoms with Gasteiger partial charge in [-0.1, -0.05) is 29.4 Å². The number of likely N-dealkylation sites (N-methyl/N-ethyl adjacent to an activating group) is 1. The zero-order chi connectivity index (χ0) is 26.6. The number of nitrogens with one attached hydrogen (secondary N) is 1. The summed E-state index contributed by atoms with van der Waals surface area (Å²) in [6, 6.07) is 19.2. The van der Waals surface area contributed by atoms with Gasteiger partial charge in [-0.15, -0.1) is 0 Å². The molecule has 196 valence electrons. The van der Waals surface area contributed by atoms with Crippen molar-refractivity contribution in [1.82, 2.24) is 15.0 Å². The average Bonchev–Trinajstić information content (AvgIpc) is 3.43. The van der Waals surface area contributed by atoms with E-state index < -0.39 is 0 Å². The second-order valence-corrected chi connectivity index (χ2v) is 9.41. The van der Waals surface area contributed by atoms with E-state index >= 15 is 0 Å². The molecule has 1 saturated heterocycles. The number of aliphatic hydroxyl groups excluding tert-OH is 1. The first kappa shape index (κ1) is 25.4. The van der Waals surface area contributed by atoms with Gasteiger partial charge in [-0.25, -0.2) is 0 Å². The van der Waals surface area contributed by atoms with Gasteiger partial charge in [-0.3, -0.25) is 4.79 Å². The molecule has 5 rings (SSSR count). The van der Waals surface area contributed by atoms with Crippen LogP contribution < -0.4 is 15.0 Å². The van der Waals surface area contributed by atoms with Gasteiger partial charge in [0.1, 0.15) is 12.4 Å². The minimum absolute atomic E-state index is 0.171. The Morgan fingerprint density at radius 3 is 2.42 bits per heavy atom. The summed E-state index contributed by atoms with van der Waals surface area (Å²) in [4.78, 5) is 21.8. The Morgan fingerprint density at radius 2 is 1.76 bits per heavy atom. The molecule has 0 radical (unpaired) electrons. The van der Waals surface area contributed by atoms with Crippen LogP contribution in [-0.2, 0) is 6.61 Å². The van der Waals surface area contributed by atoms with E-state index in [1.165, 1.54) is 0 Å². The van der Waals surface area contributed by atoms with Gasteiger partial charge in [0, 0.05) is 43.0 Å². The molecule has 1 fully saturated rings. The minimum atomic E-state index is -0.292. The van der Waals surface area contributed by atoms with E-state index in [-0.39, 0.29) is 18.4 Å². The topological polar surface area (TPSA) is 104 Å². The first-order valence-corrected chi connectivity index (χ1v) is 12.5. The Morgan fingerprint density at radius 1 is 1.03 bits per heavy atom. The van der Waals surface area contributed by atoms with Crippen molar-refractivity contribution < 1.29 is 19.2 Å². The van der Waals surface area contributed by atoms with E-state index in [0.29, 0.717) is 11.4 Å². The first-order chi connectivity index (χ1) is 18.4. The smallest absolute Gasteiger partial charge is 0.255 e. The quantitative estimate of drug-likeness (QED) is 0.379. The molecule has 0 saturated carbocycles. The number of ether oxygens (including phenoxy) is 1. The Kier molecular flexibility index (Phi) is 7.39. The van der Waals surface area contributed by atoms with E-state index in [9.17, 15) is 4.79 Å². The molecule has 1 aliphatic heterocycles. The van der Waals surface area contributed by atoms with Crippen LogP contribution in [0.15, 0.2) is 65.2 Å². The van der Waals surface area contributed by atoms with E-state index in [1.807, 2.05) is 67.6 Å². The van der Waals surface area contributed by atoms with Crippen LogP contribution in [0.1, 0.15) is 21.8 Å². The van der Waals surface area contributed by atoms with Crippen LogP contribution in [0.4, 0.5) is 11.4 Å². The zero-order valence-electron chi connectivity index (χ0n) is 21.8. The molecule has 1 amide bonds. The number of hydrogen-bond donors (Lipinski definition) is 2. The SMILES string of the molecule is COc1ccc(NC(=O)c2ccc(-c3ccc(-c4noc(CO)n4)cc3C)cc2)cc1N1CCN(C)CC1. The lowest BCUT2D eigenvalue weighted by Gasteiger charge is -2.34. The first-order valence-electron chi connectivity index (χ1n) is 12.5. The minimum Gasteiger partial charge on any atom is -0.495 e. The third-order valence-electron chi connectivity index (χ3n) is 6.83. The molecule has 0 atom stereocenters. The number of rotatable bonds is 7. The summed E-state index contributed by atoms with van der Waals surface area (Å²) in [5.41, 5.74) is 6.16. The van der Waals surface area contributed by atoms with Crippen LogP contribution in [0.5, 0.6) is 5.75 Å². The summed E-state index contributed by atoms with van der Waals surface area (Å²) in [5, 5.41) is 16.1. The van der Waals surface area contributed by atoms with E-state index in [1.54, 1.807) is 7.11 Å². The summed E-state index contributed by atoms with van der Waals surface area (Å²) >= 11 is 0. The number of carbonyl (C=O) groups excluding carboxylic acids is 1. The maximum atomic E-state index is 13.0. The molecule has 1 aliphatic rings. The molecule has 0 unspecified atom stereocenters. The highest BCUT2D eigenvalue weighted by Gasteiger charge is 2.19. The maximum absolute atomic E-state index is 13.0. The van der Waals surface area contributed by atoms with Crippen LogP contribution >= 0.6 is 0 Å². The van der Waals surface area contributed by atoms with Crippen LogP contribution in [0.25, 0.3) is 22.5 Å². The highest BCUT2D eigenvalue weighted by Crippen LogP contribution is 2.32. The van der Waals surface area contributed by atoms with Crippen LogP contribution in [0, 0.1) is 6.92 Å². The van der Waals surface area contributed by atoms with Crippen LogP contribution in [-0.4, -0.2) is 66.4 Å². The number of methoxy groups -OCH3 is 1. The van der Waals surface area contributed by atoms with Crippen molar-refractivity contribution in [2.75, 3.05) is 50.6 Å². The van der Waals surface area contributed by atoms with Gasteiger partial charge in [0.25, 0.3) is 11.8 Å². The third-order valence-corrected chi connectivity index (χ3v) is 6.83. The number of aliphatic hydroxyl groups is 1. The van der Waals surface area contributed by atoms with Gasteiger partial charge in [0.05, 0.1) is 12.8 Å². The number of carbonyl (C=O) groups is 1. The maximum Gasteiger partial charge on any atom is 0.255 e. The molecule has 38 heavy (non-hydrogen) atoms. The highest BCUT2D eigenvalue weighted by molar-refractivity contribution is 6.04. The summed E-state index contributed by atoms with van der Waals surface area (Å²) in [7, 11) is 3.79. The molecule has 0 aliphatic carbocycles. The molecule has 9 nitrogen and oxygen atoms in total. The number of hydrogen-bond acceptors (Lipinski definition) is 8. The normalized spacial score (nSPS) is 13.9.